The minimum atomic E-state index is -0.401. The standard InChI is InChI=1S/C15H17N3O3S2/c1-4-12-17-18-15(23-12)16-13(19)10-7-5-6-8-11(10)22-9(2)14(20)21-3/h5-9H,4H2,1-3H3,(H,16,18,19). The van der Waals surface area contributed by atoms with Crippen molar-refractivity contribution >= 4 is 40.1 Å². The third-order valence-electron chi connectivity index (χ3n) is 2.96. The van der Waals surface area contributed by atoms with E-state index >= 15 is 0 Å². The van der Waals surface area contributed by atoms with Crippen LogP contribution in [0.15, 0.2) is 29.2 Å². The quantitative estimate of drug-likeness (QED) is 0.636. The van der Waals surface area contributed by atoms with Crippen LogP contribution in [-0.2, 0) is 16.0 Å². The molecule has 23 heavy (non-hydrogen) atoms. The fourth-order valence-electron chi connectivity index (χ4n) is 1.77. The largest absolute Gasteiger partial charge is 0.468 e. The lowest BCUT2D eigenvalue weighted by molar-refractivity contribution is -0.139. The first-order valence-electron chi connectivity index (χ1n) is 7.02. The van der Waals surface area contributed by atoms with Gasteiger partial charge in [0.05, 0.1) is 12.7 Å². The molecule has 2 rings (SSSR count). The molecule has 122 valence electrons. The predicted molar refractivity (Wildman–Crippen MR) is 91.0 cm³/mol. The summed E-state index contributed by atoms with van der Waals surface area (Å²) in [6.45, 7) is 3.72. The summed E-state index contributed by atoms with van der Waals surface area (Å²) in [5.74, 6) is -0.606. The molecule has 0 radical (unpaired) electrons. The van der Waals surface area contributed by atoms with Crippen LogP contribution in [0.4, 0.5) is 5.13 Å². The topological polar surface area (TPSA) is 81.2 Å². The van der Waals surface area contributed by atoms with Gasteiger partial charge in [0.25, 0.3) is 5.91 Å². The lowest BCUT2D eigenvalue weighted by Crippen LogP contribution is -2.17. The molecule has 1 aromatic carbocycles. The minimum absolute atomic E-state index is 0.274. The first-order valence-corrected chi connectivity index (χ1v) is 8.72. The van der Waals surface area contributed by atoms with E-state index in [0.29, 0.717) is 15.6 Å². The molecule has 8 heteroatoms. The summed E-state index contributed by atoms with van der Waals surface area (Å²) in [7, 11) is 1.35. The number of esters is 1. The second-order valence-corrected chi connectivity index (χ2v) is 7.03. The summed E-state index contributed by atoms with van der Waals surface area (Å²) in [4.78, 5) is 24.7. The smallest absolute Gasteiger partial charge is 0.318 e. The third-order valence-corrected chi connectivity index (χ3v) is 5.10. The van der Waals surface area contributed by atoms with Crippen molar-refractivity contribution in [3.05, 3.63) is 34.8 Å². The van der Waals surface area contributed by atoms with E-state index in [2.05, 4.69) is 15.5 Å². The maximum absolute atomic E-state index is 12.5. The summed E-state index contributed by atoms with van der Waals surface area (Å²) < 4.78 is 4.72. The summed E-state index contributed by atoms with van der Waals surface area (Å²) in [5.41, 5.74) is 0.488. The van der Waals surface area contributed by atoms with Gasteiger partial charge in [-0.15, -0.1) is 22.0 Å². The third kappa shape index (κ3) is 4.52. The van der Waals surface area contributed by atoms with Gasteiger partial charge in [-0.2, -0.15) is 0 Å². The summed E-state index contributed by atoms with van der Waals surface area (Å²) >= 11 is 2.63. The predicted octanol–water partition coefficient (Wildman–Crippen LogP) is 3.01. The molecule has 0 fully saturated rings. The molecule has 1 N–H and O–H groups in total. The Hall–Kier alpha value is -1.93. The van der Waals surface area contributed by atoms with E-state index in [-0.39, 0.29) is 11.9 Å². The van der Waals surface area contributed by atoms with Crippen molar-refractivity contribution in [1.82, 2.24) is 10.2 Å². The molecule has 1 unspecified atom stereocenters. The van der Waals surface area contributed by atoms with Crippen LogP contribution < -0.4 is 5.32 Å². The number of aromatic nitrogens is 2. The Bertz CT molecular complexity index is 703. The van der Waals surface area contributed by atoms with E-state index in [4.69, 9.17) is 4.74 Å². The molecule has 0 aliphatic rings. The zero-order valence-corrected chi connectivity index (χ0v) is 14.7. The van der Waals surface area contributed by atoms with Crippen molar-refractivity contribution in [2.45, 2.75) is 30.4 Å². The number of methoxy groups -OCH3 is 1. The van der Waals surface area contributed by atoms with Gasteiger partial charge in [-0.3, -0.25) is 14.9 Å². The second kappa shape index (κ2) is 8.07. The Morgan fingerprint density at radius 1 is 1.35 bits per heavy atom. The fraction of sp³-hybridized carbons (Fsp3) is 0.333. The summed E-state index contributed by atoms with van der Waals surface area (Å²) in [6, 6.07) is 7.11. The van der Waals surface area contributed by atoms with Gasteiger partial charge in [-0.05, 0) is 25.5 Å². The average molecular weight is 351 g/mol. The molecular formula is C15H17N3O3S2. The zero-order chi connectivity index (χ0) is 16.8. The average Bonchev–Trinajstić information content (AvgIpc) is 3.02. The van der Waals surface area contributed by atoms with Crippen molar-refractivity contribution in [3.8, 4) is 0 Å². The number of thioether (sulfide) groups is 1. The van der Waals surface area contributed by atoms with Gasteiger partial charge < -0.3 is 4.74 Å². The van der Waals surface area contributed by atoms with Gasteiger partial charge in [0.1, 0.15) is 10.3 Å². The van der Waals surface area contributed by atoms with Crippen LogP contribution in [0.3, 0.4) is 0 Å². The van der Waals surface area contributed by atoms with Crippen molar-refractivity contribution in [1.29, 1.82) is 0 Å². The summed E-state index contributed by atoms with van der Waals surface area (Å²) in [6.07, 6.45) is 0.774. The first-order chi connectivity index (χ1) is 11.0. The van der Waals surface area contributed by atoms with Crippen molar-refractivity contribution in [3.63, 3.8) is 0 Å². The van der Waals surface area contributed by atoms with Crippen molar-refractivity contribution in [2.75, 3.05) is 12.4 Å². The van der Waals surface area contributed by atoms with Crippen LogP contribution >= 0.6 is 23.1 Å². The summed E-state index contributed by atoms with van der Waals surface area (Å²) in [5, 5.41) is 11.6. The first kappa shape index (κ1) is 17.4. The molecule has 0 aliphatic heterocycles. The maximum atomic E-state index is 12.5. The lowest BCUT2D eigenvalue weighted by atomic mass is 10.2. The highest BCUT2D eigenvalue weighted by atomic mass is 32.2. The van der Waals surface area contributed by atoms with Crippen LogP contribution in [-0.4, -0.2) is 34.4 Å². The molecule has 6 nitrogen and oxygen atoms in total. The van der Waals surface area contributed by atoms with Gasteiger partial charge in [-0.1, -0.05) is 30.4 Å². The van der Waals surface area contributed by atoms with Crippen LogP contribution in [0.5, 0.6) is 0 Å². The number of anilines is 1. The number of carbonyl (C=O) groups excluding carboxylic acids is 2. The lowest BCUT2D eigenvalue weighted by Gasteiger charge is -2.12. The Kier molecular flexibility index (Phi) is 6.12. The molecule has 1 atom stereocenters. The number of amides is 1. The van der Waals surface area contributed by atoms with E-state index < -0.39 is 5.25 Å². The molecular weight excluding hydrogens is 334 g/mol. The number of hydrogen-bond acceptors (Lipinski definition) is 7. The van der Waals surface area contributed by atoms with Gasteiger partial charge in [0, 0.05) is 4.90 Å². The van der Waals surface area contributed by atoms with Gasteiger partial charge in [0.2, 0.25) is 5.13 Å². The highest BCUT2D eigenvalue weighted by Gasteiger charge is 2.19. The number of carbonyl (C=O) groups is 2. The van der Waals surface area contributed by atoms with E-state index in [0.717, 1.165) is 11.4 Å². The minimum Gasteiger partial charge on any atom is -0.468 e. The van der Waals surface area contributed by atoms with Gasteiger partial charge >= 0.3 is 5.97 Å². The number of rotatable bonds is 6. The normalized spacial score (nSPS) is 11.8. The highest BCUT2D eigenvalue weighted by Crippen LogP contribution is 2.28. The number of aryl methyl sites for hydroxylation is 1. The van der Waals surface area contributed by atoms with Crippen LogP contribution in [0.2, 0.25) is 0 Å². The van der Waals surface area contributed by atoms with Crippen LogP contribution in [0, 0.1) is 0 Å². The number of benzene rings is 1. The van der Waals surface area contributed by atoms with Gasteiger partial charge in [0.15, 0.2) is 0 Å². The molecule has 2 aromatic rings. The molecule has 0 saturated heterocycles. The van der Waals surface area contributed by atoms with Crippen molar-refractivity contribution in [2.24, 2.45) is 0 Å². The Labute approximate surface area is 142 Å². The van der Waals surface area contributed by atoms with E-state index in [1.165, 1.54) is 30.2 Å². The molecule has 1 heterocycles. The number of nitrogens with zero attached hydrogens (tertiary/aromatic N) is 2. The molecule has 0 saturated carbocycles. The molecule has 0 aliphatic carbocycles. The molecule has 0 bridgehead atoms. The van der Waals surface area contributed by atoms with Crippen molar-refractivity contribution < 1.29 is 14.3 Å². The number of hydrogen-bond donors (Lipinski definition) is 1. The molecule has 0 spiro atoms. The van der Waals surface area contributed by atoms with E-state index in [9.17, 15) is 9.59 Å². The zero-order valence-electron chi connectivity index (χ0n) is 13.0. The number of nitrogens with one attached hydrogen (secondary N) is 1. The van der Waals surface area contributed by atoms with E-state index in [1.54, 1.807) is 25.1 Å². The SMILES string of the molecule is CCc1nnc(NC(=O)c2ccccc2SC(C)C(=O)OC)s1. The molecule has 1 amide bonds. The maximum Gasteiger partial charge on any atom is 0.318 e. The Balaban J connectivity index is 2.15. The second-order valence-electron chi connectivity index (χ2n) is 4.59. The monoisotopic (exact) mass is 351 g/mol. The molecule has 1 aromatic heterocycles. The fourth-order valence-corrected chi connectivity index (χ4v) is 3.47. The van der Waals surface area contributed by atoms with Crippen LogP contribution in [0.1, 0.15) is 29.2 Å². The van der Waals surface area contributed by atoms with Crippen LogP contribution in [0.25, 0.3) is 0 Å². The highest BCUT2D eigenvalue weighted by molar-refractivity contribution is 8.00. The van der Waals surface area contributed by atoms with Gasteiger partial charge in [-0.25, -0.2) is 0 Å². The number of ether oxygens (including phenoxy) is 1. The van der Waals surface area contributed by atoms with E-state index in [1.807, 2.05) is 13.0 Å². The Morgan fingerprint density at radius 2 is 2.09 bits per heavy atom. The Morgan fingerprint density at radius 3 is 2.74 bits per heavy atom.